The van der Waals surface area contributed by atoms with Crippen LogP contribution in [0.25, 0.3) is 33.2 Å². The third-order valence-electron chi connectivity index (χ3n) is 5.87. The molecule has 0 saturated heterocycles. The molecule has 0 fully saturated rings. The number of aliphatic hydroxyl groups excluding tert-OH is 1. The molecule has 186 valence electrons. The lowest BCUT2D eigenvalue weighted by Gasteiger charge is -2.13. The van der Waals surface area contributed by atoms with Crippen LogP contribution in [0, 0.1) is 11.6 Å². The standard InChI is InChI=1S/C28H21F2N3O3S/c29-22-7-9-27(25(30)15-22)37(35,36)33-23-11-17(16-34)10-20(13-23)19-6-8-26-21(12-19)14-24(28(31)32-26)18-4-2-1-3-5-18/h1-15,33-34H,16H2,(H2,31,32). The molecule has 4 aromatic carbocycles. The van der Waals surface area contributed by atoms with Crippen molar-refractivity contribution in [3.05, 3.63) is 108 Å². The Morgan fingerprint density at radius 1 is 0.838 bits per heavy atom. The Morgan fingerprint density at radius 3 is 2.35 bits per heavy atom. The van der Waals surface area contributed by atoms with Gasteiger partial charge in [0.15, 0.2) is 0 Å². The predicted octanol–water partition coefficient (Wildman–Crippen LogP) is 5.72. The maximum absolute atomic E-state index is 14.2. The van der Waals surface area contributed by atoms with Crippen LogP contribution in [0.1, 0.15) is 5.56 Å². The first kappa shape index (κ1) is 24.4. The van der Waals surface area contributed by atoms with Gasteiger partial charge in [-0.05, 0) is 70.8 Å². The Bertz CT molecular complexity index is 1740. The number of fused-ring (bicyclic) bond motifs is 1. The molecule has 9 heteroatoms. The van der Waals surface area contributed by atoms with Crippen molar-refractivity contribution in [2.75, 3.05) is 10.5 Å². The summed E-state index contributed by atoms with van der Waals surface area (Å²) in [6, 6.07) is 24.0. The number of pyridine rings is 1. The molecule has 5 rings (SSSR count). The van der Waals surface area contributed by atoms with E-state index in [0.29, 0.717) is 28.5 Å². The molecular formula is C28H21F2N3O3S. The zero-order chi connectivity index (χ0) is 26.2. The van der Waals surface area contributed by atoms with Crippen LogP contribution in [0.15, 0.2) is 95.9 Å². The Kier molecular flexibility index (Phi) is 6.32. The van der Waals surface area contributed by atoms with Gasteiger partial charge < -0.3 is 10.8 Å². The summed E-state index contributed by atoms with van der Waals surface area (Å²) in [5.74, 6) is -1.69. The maximum atomic E-state index is 14.2. The summed E-state index contributed by atoms with van der Waals surface area (Å²) >= 11 is 0. The second-order valence-corrected chi connectivity index (χ2v) is 10.1. The number of rotatable bonds is 6. The van der Waals surface area contributed by atoms with Crippen LogP contribution in [-0.4, -0.2) is 18.5 Å². The van der Waals surface area contributed by atoms with Crippen LogP contribution in [0.3, 0.4) is 0 Å². The molecule has 0 bridgehead atoms. The van der Waals surface area contributed by atoms with Gasteiger partial charge in [-0.1, -0.05) is 36.4 Å². The van der Waals surface area contributed by atoms with Crippen LogP contribution in [-0.2, 0) is 16.6 Å². The largest absolute Gasteiger partial charge is 0.392 e. The lowest BCUT2D eigenvalue weighted by molar-refractivity contribution is 0.282. The van der Waals surface area contributed by atoms with Gasteiger partial charge in [-0.15, -0.1) is 0 Å². The number of hydrogen-bond acceptors (Lipinski definition) is 5. The Morgan fingerprint density at radius 2 is 1.62 bits per heavy atom. The molecule has 0 atom stereocenters. The lowest BCUT2D eigenvalue weighted by Crippen LogP contribution is -2.15. The fraction of sp³-hybridized carbons (Fsp3) is 0.0357. The Hall–Kier alpha value is -4.34. The predicted molar refractivity (Wildman–Crippen MR) is 140 cm³/mol. The summed E-state index contributed by atoms with van der Waals surface area (Å²) in [6.45, 7) is -0.350. The van der Waals surface area contributed by atoms with Gasteiger partial charge in [0.25, 0.3) is 10.0 Å². The zero-order valence-corrected chi connectivity index (χ0v) is 20.1. The van der Waals surface area contributed by atoms with Gasteiger partial charge in [0.05, 0.1) is 12.1 Å². The smallest absolute Gasteiger partial charge is 0.264 e. The van der Waals surface area contributed by atoms with Crippen LogP contribution >= 0.6 is 0 Å². The molecule has 0 radical (unpaired) electrons. The van der Waals surface area contributed by atoms with Crippen molar-refractivity contribution in [1.29, 1.82) is 0 Å². The fourth-order valence-corrected chi connectivity index (χ4v) is 5.23. The first-order chi connectivity index (χ1) is 17.7. The number of sulfonamides is 1. The summed E-state index contributed by atoms with van der Waals surface area (Å²) in [4.78, 5) is 3.83. The second kappa shape index (κ2) is 9.61. The summed E-state index contributed by atoms with van der Waals surface area (Å²) in [5, 5.41) is 10.6. The average molecular weight is 518 g/mol. The maximum Gasteiger partial charge on any atom is 0.264 e. The van der Waals surface area contributed by atoms with Gasteiger partial charge in [0, 0.05) is 22.7 Å². The lowest BCUT2D eigenvalue weighted by atomic mass is 9.98. The highest BCUT2D eigenvalue weighted by atomic mass is 32.2. The van der Waals surface area contributed by atoms with E-state index in [2.05, 4.69) is 9.71 Å². The van der Waals surface area contributed by atoms with E-state index in [0.717, 1.165) is 34.2 Å². The normalized spacial score (nSPS) is 11.5. The average Bonchev–Trinajstić information content (AvgIpc) is 2.87. The molecule has 5 aromatic rings. The molecule has 0 unspecified atom stereocenters. The fourth-order valence-electron chi connectivity index (χ4n) is 4.13. The first-order valence-electron chi connectivity index (χ1n) is 11.2. The van der Waals surface area contributed by atoms with E-state index in [1.807, 2.05) is 48.5 Å². The summed E-state index contributed by atoms with van der Waals surface area (Å²) in [7, 11) is -4.36. The molecule has 0 aliphatic carbocycles. The highest BCUT2D eigenvalue weighted by Crippen LogP contribution is 2.32. The van der Waals surface area contributed by atoms with Crippen molar-refractivity contribution in [2.24, 2.45) is 0 Å². The molecule has 0 aliphatic rings. The van der Waals surface area contributed by atoms with Gasteiger partial charge in [0.2, 0.25) is 0 Å². The number of hydrogen-bond donors (Lipinski definition) is 3. The van der Waals surface area contributed by atoms with Crippen LogP contribution in [0.4, 0.5) is 20.3 Å². The van der Waals surface area contributed by atoms with Crippen molar-refractivity contribution in [1.82, 2.24) is 4.98 Å². The number of nitrogens with zero attached hydrogens (tertiary/aromatic N) is 1. The second-order valence-electron chi connectivity index (χ2n) is 8.45. The van der Waals surface area contributed by atoms with E-state index in [9.17, 15) is 22.3 Å². The topological polar surface area (TPSA) is 105 Å². The number of nitrogens with two attached hydrogens (primary N) is 1. The van der Waals surface area contributed by atoms with Crippen molar-refractivity contribution < 1.29 is 22.3 Å². The number of aliphatic hydroxyl groups is 1. The first-order valence-corrected chi connectivity index (χ1v) is 12.7. The number of aromatic nitrogens is 1. The van der Waals surface area contributed by atoms with E-state index >= 15 is 0 Å². The number of benzene rings is 4. The van der Waals surface area contributed by atoms with Crippen LogP contribution < -0.4 is 10.5 Å². The summed E-state index contributed by atoms with van der Waals surface area (Å²) in [5.41, 5.74) is 10.5. The van der Waals surface area contributed by atoms with Gasteiger partial charge in [-0.3, -0.25) is 4.72 Å². The Balaban J connectivity index is 1.56. The number of halogens is 2. The number of anilines is 2. The molecule has 1 aromatic heterocycles. The monoisotopic (exact) mass is 517 g/mol. The molecule has 0 saturated carbocycles. The quantitative estimate of drug-likeness (QED) is 0.267. The van der Waals surface area contributed by atoms with Crippen molar-refractivity contribution in [2.45, 2.75) is 11.5 Å². The summed E-state index contributed by atoms with van der Waals surface area (Å²) in [6.07, 6.45) is 0. The van der Waals surface area contributed by atoms with E-state index in [-0.39, 0.29) is 12.3 Å². The molecule has 0 amide bonds. The highest BCUT2D eigenvalue weighted by Gasteiger charge is 2.20. The molecule has 0 spiro atoms. The molecule has 6 nitrogen and oxygen atoms in total. The number of nitrogens with one attached hydrogen (secondary N) is 1. The minimum atomic E-state index is -4.36. The minimum absolute atomic E-state index is 0.116. The highest BCUT2D eigenvalue weighted by molar-refractivity contribution is 7.92. The molecule has 0 aliphatic heterocycles. The molecule has 37 heavy (non-hydrogen) atoms. The van der Waals surface area contributed by atoms with Gasteiger partial charge in [-0.25, -0.2) is 22.2 Å². The van der Waals surface area contributed by atoms with Gasteiger partial charge >= 0.3 is 0 Å². The van der Waals surface area contributed by atoms with E-state index in [1.54, 1.807) is 18.2 Å². The SMILES string of the molecule is Nc1nc2ccc(-c3cc(CO)cc(NS(=O)(=O)c4ccc(F)cc4F)c3)cc2cc1-c1ccccc1. The van der Waals surface area contributed by atoms with Crippen molar-refractivity contribution >= 4 is 32.4 Å². The van der Waals surface area contributed by atoms with E-state index in [1.165, 1.54) is 6.07 Å². The van der Waals surface area contributed by atoms with E-state index < -0.39 is 26.6 Å². The third kappa shape index (κ3) is 5.00. The van der Waals surface area contributed by atoms with Gasteiger partial charge in [0.1, 0.15) is 22.3 Å². The minimum Gasteiger partial charge on any atom is -0.392 e. The molecule has 1 heterocycles. The third-order valence-corrected chi connectivity index (χ3v) is 7.29. The molecule has 4 N–H and O–H groups in total. The van der Waals surface area contributed by atoms with E-state index in [4.69, 9.17) is 5.73 Å². The van der Waals surface area contributed by atoms with Crippen LogP contribution in [0.2, 0.25) is 0 Å². The van der Waals surface area contributed by atoms with Crippen molar-refractivity contribution in [3.8, 4) is 22.3 Å². The molecular weight excluding hydrogens is 496 g/mol. The van der Waals surface area contributed by atoms with Crippen LogP contribution in [0.5, 0.6) is 0 Å². The number of nitrogen functional groups attached to an aromatic ring is 1. The van der Waals surface area contributed by atoms with Crippen molar-refractivity contribution in [3.63, 3.8) is 0 Å². The zero-order valence-electron chi connectivity index (χ0n) is 19.3. The summed E-state index contributed by atoms with van der Waals surface area (Å²) < 4.78 is 55.4. The van der Waals surface area contributed by atoms with Gasteiger partial charge in [-0.2, -0.15) is 0 Å². The Labute approximate surface area is 212 Å².